The highest BCUT2D eigenvalue weighted by molar-refractivity contribution is 5.76. The Balaban J connectivity index is 1.99. The third-order valence-electron chi connectivity index (χ3n) is 3.16. The summed E-state index contributed by atoms with van der Waals surface area (Å²) in [5, 5.41) is 0. The van der Waals surface area contributed by atoms with Gasteiger partial charge in [0.2, 0.25) is 5.89 Å². The molecule has 1 aromatic carbocycles. The van der Waals surface area contributed by atoms with Gasteiger partial charge in [0.1, 0.15) is 12.1 Å². The Labute approximate surface area is 112 Å². The van der Waals surface area contributed by atoms with Crippen LogP contribution < -0.4 is 4.57 Å². The second-order valence-corrected chi connectivity index (χ2v) is 4.81. The molecule has 0 aliphatic carbocycles. The van der Waals surface area contributed by atoms with E-state index in [1.807, 2.05) is 30.3 Å². The Kier molecular flexibility index (Phi) is 3.03. The SMILES string of the molecule is CCC[n+]1ccc(-c2nc3cc(C)ccc3o2)cc1. The number of fused-ring (bicyclic) bond motifs is 1. The van der Waals surface area contributed by atoms with Crippen LogP contribution in [0.4, 0.5) is 0 Å². The maximum Gasteiger partial charge on any atom is 0.227 e. The van der Waals surface area contributed by atoms with Gasteiger partial charge in [-0.3, -0.25) is 0 Å². The minimum atomic E-state index is 0.684. The fraction of sp³-hybridized carbons (Fsp3) is 0.250. The van der Waals surface area contributed by atoms with Crippen LogP contribution in [-0.4, -0.2) is 4.98 Å². The van der Waals surface area contributed by atoms with Crippen molar-refractivity contribution in [3.05, 3.63) is 48.3 Å². The molecule has 0 N–H and O–H groups in total. The van der Waals surface area contributed by atoms with Gasteiger partial charge in [0.05, 0.1) is 0 Å². The molecule has 0 atom stereocenters. The molecule has 0 bridgehead atoms. The first kappa shape index (κ1) is 11.9. The van der Waals surface area contributed by atoms with Crippen molar-refractivity contribution in [3.8, 4) is 11.5 Å². The van der Waals surface area contributed by atoms with Gasteiger partial charge in [-0.05, 0) is 24.6 Å². The normalized spacial score (nSPS) is 11.1. The van der Waals surface area contributed by atoms with E-state index >= 15 is 0 Å². The Morgan fingerprint density at radius 2 is 1.95 bits per heavy atom. The number of pyridine rings is 1. The van der Waals surface area contributed by atoms with Crippen LogP contribution >= 0.6 is 0 Å². The van der Waals surface area contributed by atoms with Gasteiger partial charge in [0, 0.05) is 24.1 Å². The maximum atomic E-state index is 5.79. The van der Waals surface area contributed by atoms with Gasteiger partial charge in [-0.2, -0.15) is 0 Å². The molecule has 0 aliphatic heterocycles. The van der Waals surface area contributed by atoms with Gasteiger partial charge in [0.25, 0.3) is 0 Å². The third-order valence-corrected chi connectivity index (χ3v) is 3.16. The fourth-order valence-corrected chi connectivity index (χ4v) is 2.17. The quantitative estimate of drug-likeness (QED) is 0.669. The number of nitrogens with zero attached hydrogens (tertiary/aromatic N) is 2. The maximum absolute atomic E-state index is 5.79. The zero-order valence-electron chi connectivity index (χ0n) is 11.3. The number of rotatable bonds is 3. The molecule has 0 aliphatic rings. The largest absolute Gasteiger partial charge is 0.436 e. The van der Waals surface area contributed by atoms with Crippen LogP contribution in [0.2, 0.25) is 0 Å². The van der Waals surface area contributed by atoms with E-state index in [2.05, 4.69) is 35.8 Å². The first-order valence-electron chi connectivity index (χ1n) is 6.63. The molecule has 19 heavy (non-hydrogen) atoms. The van der Waals surface area contributed by atoms with Crippen molar-refractivity contribution in [3.63, 3.8) is 0 Å². The molecule has 2 aromatic heterocycles. The molecule has 0 fully saturated rings. The van der Waals surface area contributed by atoms with Gasteiger partial charge in [-0.25, -0.2) is 9.55 Å². The minimum absolute atomic E-state index is 0.684. The van der Waals surface area contributed by atoms with Gasteiger partial charge in [-0.1, -0.05) is 13.0 Å². The number of aryl methyl sites for hydroxylation is 2. The minimum Gasteiger partial charge on any atom is -0.436 e. The Morgan fingerprint density at radius 1 is 1.16 bits per heavy atom. The standard InChI is InChI=1S/C16H17N2O/c1-3-8-18-9-6-13(7-10-18)16-17-14-11-12(2)4-5-15(14)19-16/h4-7,9-11H,3,8H2,1-2H3/q+1. The number of oxazole rings is 1. The lowest BCUT2D eigenvalue weighted by molar-refractivity contribution is -0.696. The zero-order chi connectivity index (χ0) is 13.2. The summed E-state index contributed by atoms with van der Waals surface area (Å²) in [6.07, 6.45) is 5.27. The van der Waals surface area contributed by atoms with E-state index < -0.39 is 0 Å². The Bertz CT molecular complexity index is 698. The summed E-state index contributed by atoms with van der Waals surface area (Å²) in [7, 11) is 0. The zero-order valence-corrected chi connectivity index (χ0v) is 11.3. The number of benzene rings is 1. The third kappa shape index (κ3) is 2.36. The molecule has 0 radical (unpaired) electrons. The lowest BCUT2D eigenvalue weighted by Crippen LogP contribution is -2.31. The van der Waals surface area contributed by atoms with Gasteiger partial charge in [-0.15, -0.1) is 0 Å². The van der Waals surface area contributed by atoms with Crippen LogP contribution in [0.3, 0.4) is 0 Å². The molecule has 0 unspecified atom stereocenters. The predicted octanol–water partition coefficient (Wildman–Crippen LogP) is 3.50. The molecule has 0 spiro atoms. The summed E-state index contributed by atoms with van der Waals surface area (Å²) >= 11 is 0. The molecule has 2 heterocycles. The first-order chi connectivity index (χ1) is 9.26. The predicted molar refractivity (Wildman–Crippen MR) is 74.7 cm³/mol. The summed E-state index contributed by atoms with van der Waals surface area (Å²) in [6, 6.07) is 10.2. The lowest BCUT2D eigenvalue weighted by atomic mass is 10.2. The van der Waals surface area contributed by atoms with Gasteiger partial charge in [0.15, 0.2) is 18.0 Å². The average molecular weight is 253 g/mol. The molecule has 3 nitrogen and oxygen atoms in total. The van der Waals surface area contributed by atoms with Crippen molar-refractivity contribution in [1.29, 1.82) is 0 Å². The second-order valence-electron chi connectivity index (χ2n) is 4.81. The number of hydrogen-bond acceptors (Lipinski definition) is 2. The Hall–Kier alpha value is -2.16. The molecule has 3 heteroatoms. The van der Waals surface area contributed by atoms with Crippen LogP contribution in [0.1, 0.15) is 18.9 Å². The van der Waals surface area contributed by atoms with E-state index in [0.29, 0.717) is 5.89 Å². The number of aromatic nitrogens is 2. The van der Waals surface area contributed by atoms with Gasteiger partial charge < -0.3 is 4.42 Å². The molecule has 0 saturated heterocycles. The van der Waals surface area contributed by atoms with E-state index in [9.17, 15) is 0 Å². The van der Waals surface area contributed by atoms with E-state index in [-0.39, 0.29) is 0 Å². The molecule has 3 aromatic rings. The molecule has 0 saturated carbocycles. The van der Waals surface area contributed by atoms with Crippen LogP contribution in [-0.2, 0) is 6.54 Å². The van der Waals surface area contributed by atoms with Crippen molar-refractivity contribution in [2.24, 2.45) is 0 Å². The topological polar surface area (TPSA) is 29.9 Å². The number of hydrogen-bond donors (Lipinski definition) is 0. The molecular weight excluding hydrogens is 236 g/mol. The summed E-state index contributed by atoms with van der Waals surface area (Å²) in [5.74, 6) is 0.684. The summed E-state index contributed by atoms with van der Waals surface area (Å²) in [6.45, 7) is 5.26. The summed E-state index contributed by atoms with van der Waals surface area (Å²) < 4.78 is 7.95. The Morgan fingerprint density at radius 3 is 2.68 bits per heavy atom. The highest BCUT2D eigenvalue weighted by Crippen LogP contribution is 2.23. The van der Waals surface area contributed by atoms with E-state index in [0.717, 1.165) is 29.6 Å². The molecule has 0 amide bonds. The first-order valence-corrected chi connectivity index (χ1v) is 6.63. The summed E-state index contributed by atoms with van der Waals surface area (Å²) in [5.41, 5.74) is 3.97. The highest BCUT2D eigenvalue weighted by Gasteiger charge is 2.09. The summed E-state index contributed by atoms with van der Waals surface area (Å²) in [4.78, 5) is 4.54. The van der Waals surface area contributed by atoms with Crippen molar-refractivity contribution in [2.75, 3.05) is 0 Å². The van der Waals surface area contributed by atoms with Crippen LogP contribution in [0.5, 0.6) is 0 Å². The van der Waals surface area contributed by atoms with E-state index in [4.69, 9.17) is 4.42 Å². The molecular formula is C16H17N2O+. The molecule has 3 rings (SSSR count). The second kappa shape index (κ2) is 4.84. The smallest absolute Gasteiger partial charge is 0.227 e. The van der Waals surface area contributed by atoms with E-state index in [1.54, 1.807) is 0 Å². The monoisotopic (exact) mass is 253 g/mol. The van der Waals surface area contributed by atoms with E-state index in [1.165, 1.54) is 5.56 Å². The van der Waals surface area contributed by atoms with Crippen molar-refractivity contribution in [2.45, 2.75) is 26.8 Å². The fourth-order valence-electron chi connectivity index (χ4n) is 2.17. The van der Waals surface area contributed by atoms with Crippen molar-refractivity contribution in [1.82, 2.24) is 4.98 Å². The van der Waals surface area contributed by atoms with Crippen molar-refractivity contribution >= 4 is 11.1 Å². The van der Waals surface area contributed by atoms with Crippen molar-refractivity contribution < 1.29 is 8.98 Å². The molecule has 96 valence electrons. The van der Waals surface area contributed by atoms with Crippen LogP contribution in [0, 0.1) is 6.92 Å². The van der Waals surface area contributed by atoms with Gasteiger partial charge >= 0.3 is 0 Å². The average Bonchev–Trinajstić information content (AvgIpc) is 2.83. The van der Waals surface area contributed by atoms with Crippen LogP contribution in [0.25, 0.3) is 22.6 Å². The highest BCUT2D eigenvalue weighted by atomic mass is 16.3. The lowest BCUT2D eigenvalue weighted by Gasteiger charge is -1.95. The van der Waals surface area contributed by atoms with Crippen LogP contribution in [0.15, 0.2) is 47.1 Å².